The summed E-state index contributed by atoms with van der Waals surface area (Å²) in [7, 11) is 0. The van der Waals surface area contributed by atoms with E-state index in [0.29, 0.717) is 12.1 Å². The minimum Gasteiger partial charge on any atom is -0.159 e. The van der Waals surface area contributed by atoms with Gasteiger partial charge in [-0.2, -0.15) is 4.67 Å². The van der Waals surface area contributed by atoms with Gasteiger partial charge in [-0.15, -0.1) is 0 Å². The van der Waals surface area contributed by atoms with E-state index in [1.807, 2.05) is 0 Å². The van der Waals surface area contributed by atoms with Crippen molar-refractivity contribution >= 4 is 29.2 Å². The quantitative estimate of drug-likeness (QED) is 0.520. The standard InChI is InChI=1S/C22H28ClNP/c1-17(2)24(18(3)4)25(23)15-21(19-11-7-5-8-12-19)22(16-25)20-13-9-6-10-14-20/h5-14,17-18H,15-16H2,1-4H3/q+1. The molecule has 0 fully saturated rings. The molecule has 1 aliphatic rings. The fourth-order valence-electron chi connectivity index (χ4n) is 4.13. The molecule has 2 aromatic rings. The van der Waals surface area contributed by atoms with Crippen molar-refractivity contribution in [3.8, 4) is 0 Å². The zero-order valence-electron chi connectivity index (χ0n) is 15.6. The number of nitrogens with zero attached hydrogens (tertiary/aromatic N) is 1. The summed E-state index contributed by atoms with van der Waals surface area (Å²) in [5.41, 5.74) is 5.50. The Kier molecular flexibility index (Phi) is 5.68. The predicted molar refractivity (Wildman–Crippen MR) is 114 cm³/mol. The van der Waals surface area contributed by atoms with Gasteiger partial charge in [0.05, 0.1) is 0 Å². The molecule has 0 unspecified atom stereocenters. The Hall–Kier alpha value is -1.14. The summed E-state index contributed by atoms with van der Waals surface area (Å²) < 4.78 is 2.58. The van der Waals surface area contributed by atoms with E-state index in [2.05, 4.69) is 93.0 Å². The fourth-order valence-corrected chi connectivity index (χ4v) is 9.70. The Morgan fingerprint density at radius 1 is 0.720 bits per heavy atom. The van der Waals surface area contributed by atoms with Crippen molar-refractivity contribution in [1.82, 2.24) is 4.67 Å². The lowest BCUT2D eigenvalue weighted by Crippen LogP contribution is -2.36. The molecule has 0 saturated carbocycles. The summed E-state index contributed by atoms with van der Waals surface area (Å²) in [5, 5.41) is 0. The summed E-state index contributed by atoms with van der Waals surface area (Å²) in [4.78, 5) is 0. The first-order valence-electron chi connectivity index (χ1n) is 9.11. The van der Waals surface area contributed by atoms with Gasteiger partial charge in [-0.25, -0.2) is 0 Å². The second-order valence-corrected chi connectivity index (χ2v) is 12.0. The first-order valence-corrected chi connectivity index (χ1v) is 12.1. The minimum atomic E-state index is -1.75. The third-order valence-electron chi connectivity index (χ3n) is 4.88. The van der Waals surface area contributed by atoms with E-state index in [1.165, 1.54) is 22.3 Å². The lowest BCUT2D eigenvalue weighted by molar-refractivity contribution is 0.321. The molecule has 2 aromatic carbocycles. The van der Waals surface area contributed by atoms with Crippen molar-refractivity contribution in [2.24, 2.45) is 0 Å². The van der Waals surface area contributed by atoms with Gasteiger partial charge in [0.1, 0.15) is 23.6 Å². The van der Waals surface area contributed by atoms with E-state index in [9.17, 15) is 0 Å². The minimum absolute atomic E-state index is 0.456. The Labute approximate surface area is 157 Å². The van der Waals surface area contributed by atoms with Crippen LogP contribution in [0.25, 0.3) is 11.1 Å². The second kappa shape index (κ2) is 7.62. The van der Waals surface area contributed by atoms with Crippen LogP contribution >= 0.6 is 18.0 Å². The van der Waals surface area contributed by atoms with Crippen LogP contribution in [0.1, 0.15) is 38.8 Å². The van der Waals surface area contributed by atoms with Crippen molar-refractivity contribution in [2.75, 3.05) is 12.3 Å². The van der Waals surface area contributed by atoms with Crippen molar-refractivity contribution in [1.29, 1.82) is 0 Å². The molecule has 25 heavy (non-hydrogen) atoms. The van der Waals surface area contributed by atoms with Crippen LogP contribution in [0.15, 0.2) is 60.7 Å². The average Bonchev–Trinajstić information content (AvgIpc) is 2.94. The normalized spacial score (nSPS) is 17.1. The molecule has 0 aliphatic carbocycles. The predicted octanol–water partition coefficient (Wildman–Crippen LogP) is 6.82. The van der Waals surface area contributed by atoms with E-state index in [4.69, 9.17) is 11.2 Å². The Morgan fingerprint density at radius 2 is 1.08 bits per heavy atom. The Morgan fingerprint density at radius 3 is 1.40 bits per heavy atom. The van der Waals surface area contributed by atoms with Crippen molar-refractivity contribution in [3.05, 3.63) is 71.8 Å². The lowest BCUT2D eigenvalue weighted by Gasteiger charge is -2.34. The van der Waals surface area contributed by atoms with E-state index in [0.717, 1.165) is 12.3 Å². The largest absolute Gasteiger partial charge is 0.192 e. The zero-order chi connectivity index (χ0) is 18.0. The summed E-state index contributed by atoms with van der Waals surface area (Å²) in [5.74, 6) is 0. The number of hydrogen-bond donors (Lipinski definition) is 0. The highest BCUT2D eigenvalue weighted by molar-refractivity contribution is 7.98. The highest BCUT2D eigenvalue weighted by Gasteiger charge is 2.52. The second-order valence-electron chi connectivity index (χ2n) is 7.39. The molecule has 0 saturated heterocycles. The molecular weight excluding hydrogens is 345 g/mol. The number of allylic oxidation sites excluding steroid dienone is 2. The molecular formula is C22H28ClNP+. The highest BCUT2D eigenvalue weighted by atomic mass is 35.7. The van der Waals surface area contributed by atoms with Crippen LogP contribution in [0.2, 0.25) is 0 Å². The van der Waals surface area contributed by atoms with E-state index in [1.54, 1.807) is 0 Å². The molecule has 3 heteroatoms. The van der Waals surface area contributed by atoms with Crippen LogP contribution in [0.3, 0.4) is 0 Å². The Bertz CT molecular complexity index is 678. The van der Waals surface area contributed by atoms with E-state index >= 15 is 0 Å². The monoisotopic (exact) mass is 372 g/mol. The van der Waals surface area contributed by atoms with Gasteiger partial charge in [-0.1, -0.05) is 60.7 Å². The first kappa shape index (κ1) is 18.6. The van der Waals surface area contributed by atoms with Crippen molar-refractivity contribution in [2.45, 2.75) is 39.8 Å². The molecule has 132 valence electrons. The van der Waals surface area contributed by atoms with Gasteiger partial charge in [0, 0.05) is 23.2 Å². The van der Waals surface area contributed by atoms with Crippen LogP contribution in [0, 0.1) is 0 Å². The van der Waals surface area contributed by atoms with Crippen molar-refractivity contribution in [3.63, 3.8) is 0 Å². The highest BCUT2D eigenvalue weighted by Crippen LogP contribution is 2.75. The van der Waals surface area contributed by atoms with Crippen LogP contribution in [-0.4, -0.2) is 29.1 Å². The maximum atomic E-state index is 7.41. The molecule has 1 aliphatic heterocycles. The van der Waals surface area contributed by atoms with Gasteiger partial charge >= 0.3 is 0 Å². The van der Waals surface area contributed by atoms with Gasteiger partial charge in [0.2, 0.25) is 0 Å². The SMILES string of the molecule is CC(C)N(C(C)C)[P+]1(Cl)CC(c2ccccc2)=C(c2ccccc2)C1. The summed E-state index contributed by atoms with van der Waals surface area (Å²) in [6.07, 6.45) is 1.97. The third kappa shape index (κ3) is 3.85. The van der Waals surface area contributed by atoms with Gasteiger partial charge in [0.25, 0.3) is 0 Å². The van der Waals surface area contributed by atoms with Gasteiger partial charge in [-0.3, -0.25) is 0 Å². The molecule has 3 rings (SSSR count). The lowest BCUT2D eigenvalue weighted by atomic mass is 9.97. The van der Waals surface area contributed by atoms with Crippen LogP contribution in [0.5, 0.6) is 0 Å². The molecule has 0 aromatic heterocycles. The number of hydrogen-bond acceptors (Lipinski definition) is 1. The molecule has 0 bridgehead atoms. The van der Waals surface area contributed by atoms with Crippen LogP contribution < -0.4 is 0 Å². The van der Waals surface area contributed by atoms with Crippen molar-refractivity contribution < 1.29 is 0 Å². The molecule has 0 atom stereocenters. The summed E-state index contributed by atoms with van der Waals surface area (Å²) in [6, 6.07) is 22.5. The smallest absolute Gasteiger partial charge is 0.159 e. The molecule has 1 heterocycles. The van der Waals surface area contributed by atoms with E-state index in [-0.39, 0.29) is 0 Å². The molecule has 1 nitrogen and oxygen atoms in total. The maximum absolute atomic E-state index is 7.41. The number of halogens is 1. The van der Waals surface area contributed by atoms with E-state index < -0.39 is 6.77 Å². The molecule has 0 N–H and O–H groups in total. The zero-order valence-corrected chi connectivity index (χ0v) is 17.3. The van der Waals surface area contributed by atoms with Crippen LogP contribution in [-0.2, 0) is 0 Å². The van der Waals surface area contributed by atoms with Gasteiger partial charge in [0.15, 0.2) is 6.77 Å². The molecule has 0 amide bonds. The third-order valence-corrected chi connectivity index (χ3v) is 9.48. The fraction of sp³-hybridized carbons (Fsp3) is 0.364. The average molecular weight is 373 g/mol. The van der Waals surface area contributed by atoms with Gasteiger partial charge < -0.3 is 0 Å². The van der Waals surface area contributed by atoms with Gasteiger partial charge in [-0.05, 0) is 38.8 Å². The Balaban J connectivity index is 2.07. The summed E-state index contributed by atoms with van der Waals surface area (Å²) >= 11 is 7.41. The maximum Gasteiger partial charge on any atom is 0.192 e. The molecule has 0 spiro atoms. The topological polar surface area (TPSA) is 3.24 Å². The van der Waals surface area contributed by atoms with Crippen LogP contribution in [0.4, 0.5) is 0 Å². The number of benzene rings is 2. The summed E-state index contributed by atoms with van der Waals surface area (Å²) in [6.45, 7) is 7.33. The first-order chi connectivity index (χ1) is 11.9. The molecule has 0 radical (unpaired) electrons. The number of rotatable bonds is 5.